The first-order valence-electron chi connectivity index (χ1n) is 6.14. The van der Waals surface area contributed by atoms with Gasteiger partial charge in [0.05, 0.1) is 5.69 Å². The van der Waals surface area contributed by atoms with Crippen molar-refractivity contribution in [3.8, 4) is 11.4 Å². The molecule has 0 amide bonds. The molecule has 0 radical (unpaired) electrons. The van der Waals surface area contributed by atoms with Crippen LogP contribution in [0.4, 0.5) is 13.2 Å². The van der Waals surface area contributed by atoms with Crippen LogP contribution in [0.15, 0.2) is 24.5 Å². The monoisotopic (exact) mass is 316 g/mol. The second kappa shape index (κ2) is 5.95. The molecule has 2 aromatic rings. The van der Waals surface area contributed by atoms with Gasteiger partial charge in [-0.15, -0.1) is 12.4 Å². The van der Waals surface area contributed by atoms with Gasteiger partial charge in [0.25, 0.3) is 0 Å². The molecule has 3 rings (SSSR count). The molecule has 4 nitrogen and oxygen atoms in total. The number of hydrogen-bond acceptors (Lipinski definition) is 4. The molecular formula is C13H12ClF3N4. The molecule has 21 heavy (non-hydrogen) atoms. The molecular weight excluding hydrogens is 305 g/mol. The molecule has 1 aliphatic rings. The highest BCUT2D eigenvalue weighted by atomic mass is 35.5. The van der Waals surface area contributed by atoms with E-state index in [1.807, 2.05) is 0 Å². The summed E-state index contributed by atoms with van der Waals surface area (Å²) in [6, 6.07) is 3.29. The van der Waals surface area contributed by atoms with Gasteiger partial charge in [0.15, 0.2) is 11.5 Å². The van der Waals surface area contributed by atoms with E-state index in [9.17, 15) is 13.2 Å². The molecule has 0 saturated carbocycles. The maximum Gasteiger partial charge on any atom is 0.433 e. The van der Waals surface area contributed by atoms with Crippen LogP contribution in [0.5, 0.6) is 0 Å². The number of nitrogens with one attached hydrogen (secondary N) is 1. The van der Waals surface area contributed by atoms with Crippen LogP contribution in [0.2, 0.25) is 0 Å². The lowest BCUT2D eigenvalue weighted by atomic mass is 10.0. The number of aromatic nitrogens is 3. The highest BCUT2D eigenvalue weighted by Crippen LogP contribution is 2.34. The van der Waals surface area contributed by atoms with E-state index < -0.39 is 11.9 Å². The summed E-state index contributed by atoms with van der Waals surface area (Å²) < 4.78 is 39.4. The Kier molecular flexibility index (Phi) is 4.43. The van der Waals surface area contributed by atoms with Crippen molar-refractivity contribution < 1.29 is 13.2 Å². The Morgan fingerprint density at radius 3 is 2.67 bits per heavy atom. The fourth-order valence-electron chi connectivity index (χ4n) is 2.22. The number of halogens is 4. The largest absolute Gasteiger partial charge is 0.433 e. The van der Waals surface area contributed by atoms with Gasteiger partial charge >= 0.3 is 6.18 Å². The highest BCUT2D eigenvalue weighted by molar-refractivity contribution is 5.85. The van der Waals surface area contributed by atoms with Gasteiger partial charge in [0.1, 0.15) is 0 Å². The summed E-state index contributed by atoms with van der Waals surface area (Å²) in [6.07, 6.45) is -1.18. The molecule has 112 valence electrons. The third-order valence-electron chi connectivity index (χ3n) is 3.13. The van der Waals surface area contributed by atoms with E-state index in [-0.39, 0.29) is 30.2 Å². The molecule has 0 unspecified atom stereocenters. The van der Waals surface area contributed by atoms with E-state index in [0.29, 0.717) is 24.3 Å². The summed E-state index contributed by atoms with van der Waals surface area (Å²) >= 11 is 0. The number of rotatable bonds is 1. The number of fused-ring (bicyclic) bond motifs is 1. The van der Waals surface area contributed by atoms with Crippen molar-refractivity contribution in [1.82, 2.24) is 20.3 Å². The molecule has 1 N–H and O–H groups in total. The summed E-state index contributed by atoms with van der Waals surface area (Å²) in [5.74, 6) is 0.0628. The normalized spacial score (nSPS) is 14.2. The van der Waals surface area contributed by atoms with Gasteiger partial charge in [-0.1, -0.05) is 0 Å². The second-order valence-electron chi connectivity index (χ2n) is 4.49. The molecule has 8 heteroatoms. The Morgan fingerprint density at radius 2 is 2.00 bits per heavy atom. The van der Waals surface area contributed by atoms with Crippen LogP contribution in [0.3, 0.4) is 0 Å². The van der Waals surface area contributed by atoms with E-state index in [1.165, 1.54) is 6.20 Å². The predicted molar refractivity (Wildman–Crippen MR) is 72.9 cm³/mol. The molecule has 0 aliphatic carbocycles. The van der Waals surface area contributed by atoms with Gasteiger partial charge in [-0.2, -0.15) is 13.2 Å². The van der Waals surface area contributed by atoms with Crippen LogP contribution < -0.4 is 5.32 Å². The fraction of sp³-hybridized carbons (Fsp3) is 0.308. The van der Waals surface area contributed by atoms with Crippen molar-refractivity contribution in [3.05, 3.63) is 41.5 Å². The van der Waals surface area contributed by atoms with Gasteiger partial charge in [-0.25, -0.2) is 9.97 Å². The average molecular weight is 317 g/mol. The van der Waals surface area contributed by atoms with Crippen LogP contribution in [0, 0.1) is 0 Å². The molecule has 0 atom stereocenters. The van der Waals surface area contributed by atoms with Crippen molar-refractivity contribution in [3.63, 3.8) is 0 Å². The number of hydrogen-bond donors (Lipinski definition) is 1. The first kappa shape index (κ1) is 15.7. The first-order valence-corrected chi connectivity index (χ1v) is 6.14. The number of nitrogens with zero attached hydrogens (tertiary/aromatic N) is 3. The zero-order valence-corrected chi connectivity index (χ0v) is 11.6. The highest BCUT2D eigenvalue weighted by Gasteiger charge is 2.38. The Balaban J connectivity index is 0.00000161. The Hall–Kier alpha value is -1.73. The quantitative estimate of drug-likeness (QED) is 0.878. The Labute approximate surface area is 125 Å². The molecule has 0 bridgehead atoms. The third kappa shape index (κ3) is 3.14. The lowest BCUT2D eigenvalue weighted by Crippen LogP contribution is -2.28. The number of pyridine rings is 1. The topological polar surface area (TPSA) is 50.7 Å². The molecule has 0 saturated heterocycles. The van der Waals surface area contributed by atoms with Crippen LogP contribution in [-0.2, 0) is 19.1 Å². The first-order chi connectivity index (χ1) is 9.55. The average Bonchev–Trinajstić information content (AvgIpc) is 2.46. The van der Waals surface area contributed by atoms with E-state index in [0.717, 1.165) is 0 Å². The van der Waals surface area contributed by atoms with Crippen molar-refractivity contribution in [2.75, 3.05) is 6.54 Å². The fourth-order valence-corrected chi connectivity index (χ4v) is 2.22. The van der Waals surface area contributed by atoms with Crippen LogP contribution in [0.1, 0.15) is 17.0 Å². The van der Waals surface area contributed by atoms with Gasteiger partial charge < -0.3 is 5.32 Å². The Morgan fingerprint density at radius 1 is 1.19 bits per heavy atom. The summed E-state index contributed by atoms with van der Waals surface area (Å²) in [5.41, 5.74) is 0.260. The predicted octanol–water partition coefficient (Wildman–Crippen LogP) is 2.62. The Bertz CT molecular complexity index is 631. The SMILES string of the molecule is Cl.FC(F)(F)c1nc(-c2cccnc2)nc2c1CCNC2. The minimum Gasteiger partial charge on any atom is -0.311 e. The minimum atomic E-state index is -4.47. The molecule has 0 aromatic carbocycles. The summed E-state index contributed by atoms with van der Waals surface area (Å²) in [6.45, 7) is 0.833. The van der Waals surface area contributed by atoms with Crippen molar-refractivity contribution in [2.24, 2.45) is 0 Å². The molecule has 0 spiro atoms. The summed E-state index contributed by atoms with van der Waals surface area (Å²) in [5, 5.41) is 3.03. The maximum atomic E-state index is 13.1. The van der Waals surface area contributed by atoms with Gasteiger partial charge in [0, 0.05) is 30.1 Å². The summed E-state index contributed by atoms with van der Waals surface area (Å²) in [7, 11) is 0. The second-order valence-corrected chi connectivity index (χ2v) is 4.49. The zero-order valence-electron chi connectivity index (χ0n) is 10.8. The summed E-state index contributed by atoms with van der Waals surface area (Å²) in [4.78, 5) is 11.9. The van der Waals surface area contributed by atoms with E-state index in [2.05, 4.69) is 20.3 Å². The van der Waals surface area contributed by atoms with Crippen molar-refractivity contribution in [1.29, 1.82) is 0 Å². The van der Waals surface area contributed by atoms with Gasteiger partial charge in [0.2, 0.25) is 0 Å². The maximum absolute atomic E-state index is 13.1. The van der Waals surface area contributed by atoms with Gasteiger partial charge in [-0.05, 0) is 25.1 Å². The standard InChI is InChI=1S/C13H11F3N4.ClH/c14-13(15,16)11-9-3-5-18-7-10(9)19-12(20-11)8-2-1-4-17-6-8;/h1-2,4,6,18H,3,5,7H2;1H. The van der Waals surface area contributed by atoms with Crippen LogP contribution in [-0.4, -0.2) is 21.5 Å². The van der Waals surface area contributed by atoms with Crippen LogP contribution in [0.25, 0.3) is 11.4 Å². The third-order valence-corrected chi connectivity index (χ3v) is 3.13. The van der Waals surface area contributed by atoms with Crippen molar-refractivity contribution in [2.45, 2.75) is 19.1 Å². The molecule has 1 aliphatic heterocycles. The van der Waals surface area contributed by atoms with E-state index in [4.69, 9.17) is 0 Å². The smallest absolute Gasteiger partial charge is 0.311 e. The lowest BCUT2D eigenvalue weighted by Gasteiger charge is -2.21. The van der Waals surface area contributed by atoms with Crippen LogP contribution >= 0.6 is 12.4 Å². The van der Waals surface area contributed by atoms with Gasteiger partial charge in [-0.3, -0.25) is 4.98 Å². The molecule has 2 aromatic heterocycles. The minimum absolute atomic E-state index is 0. The van der Waals surface area contributed by atoms with E-state index in [1.54, 1.807) is 18.3 Å². The molecule has 0 fully saturated rings. The lowest BCUT2D eigenvalue weighted by molar-refractivity contribution is -0.142. The number of alkyl halides is 3. The molecule has 3 heterocycles. The van der Waals surface area contributed by atoms with E-state index >= 15 is 0 Å². The zero-order chi connectivity index (χ0) is 14.2. The van der Waals surface area contributed by atoms with Crippen molar-refractivity contribution >= 4 is 12.4 Å².